The van der Waals surface area contributed by atoms with E-state index in [0.29, 0.717) is 31.0 Å². The molecule has 1 aromatic rings. The van der Waals surface area contributed by atoms with Gasteiger partial charge in [0.1, 0.15) is 17.6 Å². The predicted molar refractivity (Wildman–Crippen MR) is 65.6 cm³/mol. The maximum Gasteiger partial charge on any atom is 0.339 e. The first-order chi connectivity index (χ1) is 8.58. The second-order valence-corrected chi connectivity index (χ2v) is 4.51. The molecule has 0 saturated carbocycles. The number of carbonyl (C=O) groups excluding carboxylic acids is 1. The first kappa shape index (κ1) is 12.7. The smallest absolute Gasteiger partial charge is 0.339 e. The molecule has 0 N–H and O–H groups in total. The zero-order valence-corrected chi connectivity index (χ0v) is 10.6. The van der Waals surface area contributed by atoms with Crippen LogP contribution < -0.4 is 10.4 Å². The van der Waals surface area contributed by atoms with Crippen molar-refractivity contribution in [2.45, 2.75) is 32.8 Å². The highest BCUT2D eigenvalue weighted by atomic mass is 16.5. The summed E-state index contributed by atoms with van der Waals surface area (Å²) in [4.78, 5) is 24.5. The topological polar surface area (TPSA) is 59.8 Å². The SMILES string of the molecule is CCCC(=O)N1CC(Oc2cc(C)oc(=O)c2)C1. The van der Waals surface area contributed by atoms with Crippen LogP contribution in [-0.2, 0) is 4.79 Å². The van der Waals surface area contributed by atoms with E-state index in [1.54, 1.807) is 17.9 Å². The highest BCUT2D eigenvalue weighted by molar-refractivity contribution is 5.77. The molecule has 0 atom stereocenters. The van der Waals surface area contributed by atoms with Gasteiger partial charge in [0.05, 0.1) is 19.2 Å². The average molecular weight is 251 g/mol. The van der Waals surface area contributed by atoms with E-state index >= 15 is 0 Å². The van der Waals surface area contributed by atoms with Crippen molar-refractivity contribution in [2.75, 3.05) is 13.1 Å². The van der Waals surface area contributed by atoms with Crippen molar-refractivity contribution in [1.29, 1.82) is 0 Å². The summed E-state index contributed by atoms with van der Waals surface area (Å²) in [5.74, 6) is 1.20. The van der Waals surface area contributed by atoms with Crippen molar-refractivity contribution in [2.24, 2.45) is 0 Å². The molecular weight excluding hydrogens is 234 g/mol. The van der Waals surface area contributed by atoms with E-state index in [0.717, 1.165) is 6.42 Å². The minimum absolute atomic E-state index is 0.0213. The molecule has 0 bridgehead atoms. The number of carbonyl (C=O) groups is 1. The lowest BCUT2D eigenvalue weighted by Gasteiger charge is -2.39. The maximum absolute atomic E-state index is 11.5. The third-order valence-corrected chi connectivity index (χ3v) is 2.83. The Balaban J connectivity index is 1.86. The Bertz CT molecular complexity index is 488. The van der Waals surface area contributed by atoms with Crippen LogP contribution in [0, 0.1) is 6.92 Å². The standard InChI is InChI=1S/C13H17NO4/c1-3-4-12(15)14-7-11(8-14)18-10-5-9(2)17-13(16)6-10/h5-6,11H,3-4,7-8H2,1-2H3. The van der Waals surface area contributed by atoms with Gasteiger partial charge in [-0.05, 0) is 13.3 Å². The first-order valence-corrected chi connectivity index (χ1v) is 6.14. The Morgan fingerprint density at radius 1 is 1.50 bits per heavy atom. The van der Waals surface area contributed by atoms with Crippen molar-refractivity contribution in [1.82, 2.24) is 4.90 Å². The Kier molecular flexibility index (Phi) is 3.69. The molecular formula is C13H17NO4. The molecule has 5 heteroatoms. The summed E-state index contributed by atoms with van der Waals surface area (Å²) in [6.45, 7) is 4.88. The Morgan fingerprint density at radius 3 is 2.83 bits per heavy atom. The van der Waals surface area contributed by atoms with Gasteiger partial charge in [0.25, 0.3) is 0 Å². The molecule has 0 spiro atoms. The highest BCUT2D eigenvalue weighted by Gasteiger charge is 2.31. The molecule has 1 aliphatic rings. The lowest BCUT2D eigenvalue weighted by Crippen LogP contribution is -2.56. The average Bonchev–Trinajstić information content (AvgIpc) is 2.21. The number of ether oxygens (including phenoxy) is 1. The number of amides is 1. The molecule has 1 amide bonds. The van der Waals surface area contributed by atoms with Gasteiger partial charge < -0.3 is 14.1 Å². The number of hydrogen-bond donors (Lipinski definition) is 0. The number of likely N-dealkylation sites (tertiary alicyclic amines) is 1. The van der Waals surface area contributed by atoms with Crippen LogP contribution in [0.15, 0.2) is 21.3 Å². The summed E-state index contributed by atoms with van der Waals surface area (Å²) >= 11 is 0. The third-order valence-electron chi connectivity index (χ3n) is 2.83. The quantitative estimate of drug-likeness (QED) is 0.810. The number of aryl methyl sites for hydroxylation is 1. The van der Waals surface area contributed by atoms with Gasteiger partial charge in [-0.1, -0.05) is 6.92 Å². The molecule has 0 radical (unpaired) electrons. The minimum Gasteiger partial charge on any atom is -0.486 e. The number of rotatable bonds is 4. The van der Waals surface area contributed by atoms with Gasteiger partial charge >= 0.3 is 5.63 Å². The van der Waals surface area contributed by atoms with E-state index in [9.17, 15) is 9.59 Å². The normalized spacial score (nSPS) is 15.3. The molecule has 2 rings (SSSR count). The largest absolute Gasteiger partial charge is 0.486 e. The van der Waals surface area contributed by atoms with Gasteiger partial charge in [0, 0.05) is 12.5 Å². The van der Waals surface area contributed by atoms with Gasteiger partial charge in [-0.15, -0.1) is 0 Å². The Labute approximate surface area is 105 Å². The van der Waals surface area contributed by atoms with Crippen LogP contribution in [0.2, 0.25) is 0 Å². The van der Waals surface area contributed by atoms with Gasteiger partial charge in [-0.2, -0.15) is 0 Å². The van der Waals surface area contributed by atoms with Crippen LogP contribution >= 0.6 is 0 Å². The molecule has 0 aromatic carbocycles. The van der Waals surface area contributed by atoms with Crippen LogP contribution in [0.5, 0.6) is 5.75 Å². The summed E-state index contributed by atoms with van der Waals surface area (Å²) < 4.78 is 10.5. The van der Waals surface area contributed by atoms with Crippen LogP contribution in [0.1, 0.15) is 25.5 Å². The molecule has 0 unspecified atom stereocenters. The summed E-state index contributed by atoms with van der Waals surface area (Å²) in [7, 11) is 0. The number of hydrogen-bond acceptors (Lipinski definition) is 4. The minimum atomic E-state index is -0.414. The van der Waals surface area contributed by atoms with Gasteiger partial charge in [0.15, 0.2) is 0 Å². The molecule has 1 aromatic heterocycles. The lowest BCUT2D eigenvalue weighted by molar-refractivity contribution is -0.140. The summed E-state index contributed by atoms with van der Waals surface area (Å²) in [6.07, 6.45) is 1.42. The molecule has 18 heavy (non-hydrogen) atoms. The first-order valence-electron chi connectivity index (χ1n) is 6.14. The molecule has 0 aliphatic carbocycles. The zero-order chi connectivity index (χ0) is 13.1. The Morgan fingerprint density at radius 2 is 2.22 bits per heavy atom. The molecule has 98 valence electrons. The van der Waals surface area contributed by atoms with E-state index < -0.39 is 5.63 Å². The van der Waals surface area contributed by atoms with Crippen LogP contribution in [-0.4, -0.2) is 30.0 Å². The second-order valence-electron chi connectivity index (χ2n) is 4.51. The van der Waals surface area contributed by atoms with E-state index in [1.807, 2.05) is 6.92 Å². The van der Waals surface area contributed by atoms with Gasteiger partial charge in [-0.3, -0.25) is 4.79 Å². The number of nitrogens with zero attached hydrogens (tertiary/aromatic N) is 1. The van der Waals surface area contributed by atoms with Crippen LogP contribution in [0.25, 0.3) is 0 Å². The molecule has 1 fully saturated rings. The van der Waals surface area contributed by atoms with Crippen LogP contribution in [0.4, 0.5) is 0 Å². The van der Waals surface area contributed by atoms with Crippen molar-refractivity contribution >= 4 is 5.91 Å². The van der Waals surface area contributed by atoms with Crippen molar-refractivity contribution in [3.8, 4) is 5.75 Å². The van der Waals surface area contributed by atoms with Crippen molar-refractivity contribution in [3.05, 3.63) is 28.3 Å². The predicted octanol–water partition coefficient (Wildman–Crippen LogP) is 1.34. The summed E-state index contributed by atoms with van der Waals surface area (Å²) in [5, 5.41) is 0. The summed E-state index contributed by atoms with van der Waals surface area (Å²) in [6, 6.07) is 3.00. The van der Waals surface area contributed by atoms with E-state index in [2.05, 4.69) is 0 Å². The van der Waals surface area contributed by atoms with E-state index in [-0.39, 0.29) is 12.0 Å². The fourth-order valence-corrected chi connectivity index (χ4v) is 1.92. The van der Waals surface area contributed by atoms with Gasteiger partial charge in [0.2, 0.25) is 5.91 Å². The van der Waals surface area contributed by atoms with Crippen molar-refractivity contribution in [3.63, 3.8) is 0 Å². The van der Waals surface area contributed by atoms with E-state index in [4.69, 9.17) is 9.15 Å². The summed E-state index contributed by atoms with van der Waals surface area (Å²) in [5.41, 5.74) is -0.414. The van der Waals surface area contributed by atoms with Crippen molar-refractivity contribution < 1.29 is 13.9 Å². The van der Waals surface area contributed by atoms with Gasteiger partial charge in [-0.25, -0.2) is 4.79 Å². The molecule has 5 nitrogen and oxygen atoms in total. The molecule has 1 aliphatic heterocycles. The fourth-order valence-electron chi connectivity index (χ4n) is 1.92. The lowest BCUT2D eigenvalue weighted by atomic mass is 10.1. The van der Waals surface area contributed by atoms with E-state index in [1.165, 1.54) is 6.07 Å². The maximum atomic E-state index is 11.5. The Hall–Kier alpha value is -1.78. The molecule has 2 heterocycles. The fraction of sp³-hybridized carbons (Fsp3) is 0.538. The highest BCUT2D eigenvalue weighted by Crippen LogP contribution is 2.18. The van der Waals surface area contributed by atoms with Crippen LogP contribution in [0.3, 0.4) is 0 Å². The molecule has 1 saturated heterocycles. The zero-order valence-electron chi connectivity index (χ0n) is 10.6. The monoisotopic (exact) mass is 251 g/mol. The second kappa shape index (κ2) is 5.25. The third kappa shape index (κ3) is 2.91.